The van der Waals surface area contributed by atoms with E-state index in [9.17, 15) is 14.4 Å². The highest BCUT2D eigenvalue weighted by atomic mass is 16.5. The van der Waals surface area contributed by atoms with E-state index in [1.807, 2.05) is 4.90 Å². The SMILES string of the molecule is COCCN1CC[C@]2(CCCN(C(=O)CNC(C)=O)CC2)C1=O. The molecule has 2 heterocycles. The van der Waals surface area contributed by atoms with E-state index >= 15 is 0 Å². The lowest BCUT2D eigenvalue weighted by molar-refractivity contribution is -0.137. The van der Waals surface area contributed by atoms with Crippen molar-refractivity contribution >= 4 is 17.7 Å². The summed E-state index contributed by atoms with van der Waals surface area (Å²) >= 11 is 0. The molecule has 23 heavy (non-hydrogen) atoms. The molecule has 1 spiro atoms. The van der Waals surface area contributed by atoms with Gasteiger partial charge in [0.05, 0.1) is 18.6 Å². The molecule has 0 aromatic carbocycles. The van der Waals surface area contributed by atoms with Gasteiger partial charge in [-0.15, -0.1) is 0 Å². The Morgan fingerprint density at radius 1 is 1.22 bits per heavy atom. The van der Waals surface area contributed by atoms with Crippen LogP contribution in [0.5, 0.6) is 0 Å². The third-order valence-electron chi connectivity index (χ3n) is 4.95. The number of likely N-dealkylation sites (tertiary alicyclic amines) is 2. The van der Waals surface area contributed by atoms with Crippen LogP contribution in [0.3, 0.4) is 0 Å². The maximum atomic E-state index is 12.7. The third kappa shape index (κ3) is 4.22. The quantitative estimate of drug-likeness (QED) is 0.772. The molecule has 0 bridgehead atoms. The van der Waals surface area contributed by atoms with Crippen molar-refractivity contribution in [2.75, 3.05) is 46.4 Å². The van der Waals surface area contributed by atoms with Crippen LogP contribution in [0.2, 0.25) is 0 Å². The number of rotatable bonds is 5. The van der Waals surface area contributed by atoms with Crippen molar-refractivity contribution in [3.8, 4) is 0 Å². The molecule has 2 rings (SSSR count). The van der Waals surface area contributed by atoms with Crippen molar-refractivity contribution in [1.82, 2.24) is 15.1 Å². The molecule has 0 aliphatic carbocycles. The van der Waals surface area contributed by atoms with Crippen LogP contribution in [0.1, 0.15) is 32.6 Å². The molecule has 1 atom stereocenters. The molecule has 7 nitrogen and oxygen atoms in total. The molecule has 3 amide bonds. The molecule has 2 aliphatic heterocycles. The fourth-order valence-electron chi connectivity index (χ4n) is 3.53. The predicted molar refractivity (Wildman–Crippen MR) is 84.6 cm³/mol. The van der Waals surface area contributed by atoms with Crippen LogP contribution < -0.4 is 5.32 Å². The van der Waals surface area contributed by atoms with Crippen LogP contribution in [-0.2, 0) is 19.1 Å². The van der Waals surface area contributed by atoms with Crippen LogP contribution >= 0.6 is 0 Å². The summed E-state index contributed by atoms with van der Waals surface area (Å²) in [6.45, 7) is 4.66. The van der Waals surface area contributed by atoms with E-state index in [4.69, 9.17) is 4.74 Å². The minimum Gasteiger partial charge on any atom is -0.383 e. The molecule has 0 unspecified atom stereocenters. The monoisotopic (exact) mass is 325 g/mol. The van der Waals surface area contributed by atoms with Gasteiger partial charge in [0.25, 0.3) is 0 Å². The van der Waals surface area contributed by atoms with Crippen LogP contribution in [0.15, 0.2) is 0 Å². The fraction of sp³-hybridized carbons (Fsp3) is 0.812. The Kier molecular flexibility index (Phi) is 5.98. The standard InChI is InChI=1S/C16H27N3O4/c1-13(20)17-12-14(21)18-7-3-4-16(5-8-18)6-9-19(15(16)22)10-11-23-2/h3-12H2,1-2H3,(H,17,20)/t16-/m1/s1. The highest BCUT2D eigenvalue weighted by Crippen LogP contribution is 2.41. The molecular formula is C16H27N3O4. The Morgan fingerprint density at radius 3 is 2.65 bits per heavy atom. The minimum atomic E-state index is -0.309. The van der Waals surface area contributed by atoms with Gasteiger partial charge in [-0.05, 0) is 25.7 Å². The zero-order chi connectivity index (χ0) is 16.9. The number of methoxy groups -OCH3 is 1. The summed E-state index contributed by atoms with van der Waals surface area (Å²) in [4.78, 5) is 39.5. The lowest BCUT2D eigenvalue weighted by Gasteiger charge is -2.26. The average molecular weight is 325 g/mol. The number of nitrogens with zero attached hydrogens (tertiary/aromatic N) is 2. The molecule has 0 aromatic heterocycles. The van der Waals surface area contributed by atoms with Gasteiger partial charge in [-0.1, -0.05) is 0 Å². The summed E-state index contributed by atoms with van der Waals surface area (Å²) in [5, 5.41) is 2.54. The van der Waals surface area contributed by atoms with Crippen molar-refractivity contribution < 1.29 is 19.1 Å². The van der Waals surface area contributed by atoms with Crippen molar-refractivity contribution in [2.45, 2.75) is 32.6 Å². The minimum absolute atomic E-state index is 0.0379. The molecule has 2 aliphatic rings. The number of nitrogens with one attached hydrogen (secondary N) is 1. The molecular weight excluding hydrogens is 298 g/mol. The number of amides is 3. The van der Waals surface area contributed by atoms with Crippen LogP contribution in [0.25, 0.3) is 0 Å². The van der Waals surface area contributed by atoms with Gasteiger partial charge in [-0.2, -0.15) is 0 Å². The number of carbonyl (C=O) groups is 3. The van der Waals surface area contributed by atoms with E-state index in [1.165, 1.54) is 6.92 Å². The second kappa shape index (κ2) is 7.77. The Morgan fingerprint density at radius 2 is 1.96 bits per heavy atom. The van der Waals surface area contributed by atoms with Crippen molar-refractivity contribution in [1.29, 1.82) is 0 Å². The number of hydrogen-bond donors (Lipinski definition) is 1. The summed E-state index contributed by atoms with van der Waals surface area (Å²) in [6, 6.07) is 0. The van der Waals surface area contributed by atoms with Crippen molar-refractivity contribution in [2.24, 2.45) is 5.41 Å². The maximum absolute atomic E-state index is 12.7. The first-order valence-corrected chi connectivity index (χ1v) is 8.29. The smallest absolute Gasteiger partial charge is 0.241 e. The zero-order valence-corrected chi connectivity index (χ0v) is 14.1. The van der Waals surface area contributed by atoms with Crippen molar-refractivity contribution in [3.05, 3.63) is 0 Å². The van der Waals surface area contributed by atoms with Gasteiger partial charge >= 0.3 is 0 Å². The van der Waals surface area contributed by atoms with Gasteiger partial charge < -0.3 is 19.9 Å². The zero-order valence-electron chi connectivity index (χ0n) is 14.1. The summed E-state index contributed by atoms with van der Waals surface area (Å²) in [6.07, 6.45) is 3.24. The molecule has 0 saturated carbocycles. The average Bonchev–Trinajstić information content (AvgIpc) is 2.71. The second-order valence-corrected chi connectivity index (χ2v) is 6.46. The van der Waals surface area contributed by atoms with Gasteiger partial charge in [-0.3, -0.25) is 14.4 Å². The molecule has 0 radical (unpaired) electrons. The normalized spacial score (nSPS) is 24.9. The number of ether oxygens (including phenoxy) is 1. The van der Waals surface area contributed by atoms with Gasteiger partial charge in [0.15, 0.2) is 0 Å². The Hall–Kier alpha value is -1.63. The topological polar surface area (TPSA) is 79.0 Å². The largest absolute Gasteiger partial charge is 0.383 e. The van der Waals surface area contributed by atoms with E-state index in [-0.39, 0.29) is 29.7 Å². The molecule has 130 valence electrons. The van der Waals surface area contributed by atoms with Gasteiger partial charge in [0, 0.05) is 40.2 Å². The van der Waals surface area contributed by atoms with E-state index < -0.39 is 0 Å². The van der Waals surface area contributed by atoms with Crippen LogP contribution in [0.4, 0.5) is 0 Å². The summed E-state index contributed by atoms with van der Waals surface area (Å²) < 4.78 is 5.07. The highest BCUT2D eigenvalue weighted by molar-refractivity contribution is 5.86. The molecule has 1 N–H and O–H groups in total. The lowest BCUT2D eigenvalue weighted by atomic mass is 9.79. The third-order valence-corrected chi connectivity index (χ3v) is 4.95. The first-order chi connectivity index (χ1) is 11.0. The maximum Gasteiger partial charge on any atom is 0.241 e. The van der Waals surface area contributed by atoms with Crippen LogP contribution in [-0.4, -0.2) is 74.0 Å². The first kappa shape index (κ1) is 17.7. The predicted octanol–water partition coefficient (Wildman–Crippen LogP) is 0.000100. The summed E-state index contributed by atoms with van der Waals surface area (Å²) in [7, 11) is 1.64. The number of hydrogen-bond acceptors (Lipinski definition) is 4. The van der Waals surface area contributed by atoms with Gasteiger partial charge in [0.1, 0.15) is 0 Å². The molecule has 7 heteroatoms. The summed E-state index contributed by atoms with van der Waals surface area (Å²) in [5.74, 6) is -0.0611. The van der Waals surface area contributed by atoms with Crippen molar-refractivity contribution in [3.63, 3.8) is 0 Å². The van der Waals surface area contributed by atoms with E-state index in [0.29, 0.717) is 32.7 Å². The van der Waals surface area contributed by atoms with E-state index in [0.717, 1.165) is 25.8 Å². The van der Waals surface area contributed by atoms with E-state index in [1.54, 1.807) is 12.0 Å². The first-order valence-electron chi connectivity index (χ1n) is 8.29. The fourth-order valence-corrected chi connectivity index (χ4v) is 3.53. The lowest BCUT2D eigenvalue weighted by Crippen LogP contribution is -2.41. The Bertz CT molecular complexity index is 468. The van der Waals surface area contributed by atoms with Crippen LogP contribution in [0, 0.1) is 5.41 Å². The molecule has 2 saturated heterocycles. The van der Waals surface area contributed by atoms with Gasteiger partial charge in [-0.25, -0.2) is 0 Å². The highest BCUT2D eigenvalue weighted by Gasteiger charge is 2.46. The Balaban J connectivity index is 1.92. The van der Waals surface area contributed by atoms with E-state index in [2.05, 4.69) is 5.32 Å². The number of carbonyl (C=O) groups excluding carboxylic acids is 3. The molecule has 0 aromatic rings. The second-order valence-electron chi connectivity index (χ2n) is 6.46. The molecule has 2 fully saturated rings. The Labute approximate surface area is 137 Å². The van der Waals surface area contributed by atoms with Gasteiger partial charge in [0.2, 0.25) is 17.7 Å². The summed E-state index contributed by atoms with van der Waals surface area (Å²) in [5.41, 5.74) is -0.309.